The molecule has 1 aromatic heterocycles. The Balaban J connectivity index is 1.68. The number of aryl methyl sites for hydroxylation is 1. The van der Waals surface area contributed by atoms with Crippen molar-refractivity contribution in [1.82, 2.24) is 15.5 Å². The van der Waals surface area contributed by atoms with Gasteiger partial charge in [-0.05, 0) is 37.1 Å². The smallest absolute Gasteiger partial charge is 0.257 e. The zero-order chi connectivity index (χ0) is 15.4. The van der Waals surface area contributed by atoms with Crippen LogP contribution in [0.1, 0.15) is 29.9 Å². The van der Waals surface area contributed by atoms with Crippen LogP contribution < -0.4 is 5.32 Å². The van der Waals surface area contributed by atoms with Crippen LogP contribution in [0.3, 0.4) is 0 Å². The first kappa shape index (κ1) is 14.5. The van der Waals surface area contributed by atoms with Crippen LogP contribution in [0.4, 0.5) is 0 Å². The lowest BCUT2D eigenvalue weighted by atomic mass is 10.1. The number of hydrogen-bond donors (Lipinski definition) is 1. The maximum Gasteiger partial charge on any atom is 0.257 e. The largest absolute Gasteiger partial charge is 0.334 e. The van der Waals surface area contributed by atoms with Crippen molar-refractivity contribution in [3.8, 4) is 11.5 Å². The molecule has 1 heterocycles. The lowest BCUT2D eigenvalue weighted by Crippen LogP contribution is -2.17. The topological polar surface area (TPSA) is 51.0 Å². The highest BCUT2D eigenvalue weighted by Crippen LogP contribution is 2.19. The fourth-order valence-electron chi connectivity index (χ4n) is 2.36. The van der Waals surface area contributed by atoms with Gasteiger partial charge in [0, 0.05) is 18.2 Å². The van der Waals surface area contributed by atoms with Crippen LogP contribution in [0.25, 0.3) is 11.5 Å². The second-order valence-corrected chi connectivity index (χ2v) is 5.36. The van der Waals surface area contributed by atoms with Crippen LogP contribution in [-0.2, 0) is 6.54 Å². The highest BCUT2D eigenvalue weighted by molar-refractivity contribution is 5.53. The number of aromatic nitrogens is 2. The summed E-state index contributed by atoms with van der Waals surface area (Å²) in [6.45, 7) is 4.78. The van der Waals surface area contributed by atoms with E-state index in [1.165, 1.54) is 11.1 Å². The Kier molecular flexibility index (Phi) is 4.30. The third-order valence-corrected chi connectivity index (χ3v) is 3.61. The van der Waals surface area contributed by atoms with E-state index in [0.717, 1.165) is 12.1 Å². The molecule has 0 radical (unpaired) electrons. The molecule has 0 fully saturated rings. The second kappa shape index (κ2) is 6.54. The van der Waals surface area contributed by atoms with E-state index >= 15 is 0 Å². The molecule has 1 atom stereocenters. The van der Waals surface area contributed by atoms with Crippen molar-refractivity contribution in [1.29, 1.82) is 0 Å². The van der Waals surface area contributed by atoms with Crippen molar-refractivity contribution in [2.45, 2.75) is 26.4 Å². The van der Waals surface area contributed by atoms with Crippen molar-refractivity contribution in [2.75, 3.05) is 0 Å². The van der Waals surface area contributed by atoms with Gasteiger partial charge < -0.3 is 9.84 Å². The molecule has 0 bridgehead atoms. The van der Waals surface area contributed by atoms with Gasteiger partial charge in [0.2, 0.25) is 0 Å². The summed E-state index contributed by atoms with van der Waals surface area (Å²) in [5.41, 5.74) is 3.43. The molecule has 3 rings (SSSR count). The number of hydrogen-bond acceptors (Lipinski definition) is 4. The molecule has 112 valence electrons. The minimum absolute atomic E-state index is 0.301. The van der Waals surface area contributed by atoms with Gasteiger partial charge >= 0.3 is 0 Å². The predicted molar refractivity (Wildman–Crippen MR) is 86.2 cm³/mol. The second-order valence-electron chi connectivity index (χ2n) is 5.36. The van der Waals surface area contributed by atoms with Crippen molar-refractivity contribution in [2.24, 2.45) is 0 Å². The fraction of sp³-hybridized carbons (Fsp3) is 0.222. The van der Waals surface area contributed by atoms with Crippen LogP contribution in [0.2, 0.25) is 0 Å². The minimum Gasteiger partial charge on any atom is -0.334 e. The van der Waals surface area contributed by atoms with Crippen LogP contribution >= 0.6 is 0 Å². The molecule has 0 saturated carbocycles. The van der Waals surface area contributed by atoms with Crippen molar-refractivity contribution in [3.63, 3.8) is 0 Å². The average Bonchev–Trinajstić information content (AvgIpc) is 3.00. The van der Waals surface area contributed by atoms with Crippen LogP contribution in [-0.4, -0.2) is 10.1 Å². The van der Waals surface area contributed by atoms with Crippen molar-refractivity contribution >= 4 is 0 Å². The molecule has 1 N–H and O–H groups in total. The normalized spacial score (nSPS) is 12.3. The van der Waals surface area contributed by atoms with E-state index < -0.39 is 0 Å². The molecule has 0 aliphatic heterocycles. The van der Waals surface area contributed by atoms with Gasteiger partial charge in [-0.25, -0.2) is 0 Å². The van der Waals surface area contributed by atoms with Gasteiger partial charge in [0.25, 0.3) is 5.89 Å². The highest BCUT2D eigenvalue weighted by Gasteiger charge is 2.08. The van der Waals surface area contributed by atoms with Gasteiger partial charge in [-0.3, -0.25) is 0 Å². The zero-order valence-corrected chi connectivity index (χ0v) is 12.8. The summed E-state index contributed by atoms with van der Waals surface area (Å²) >= 11 is 0. The van der Waals surface area contributed by atoms with Gasteiger partial charge in [0.1, 0.15) is 0 Å². The fourth-order valence-corrected chi connectivity index (χ4v) is 2.36. The summed E-state index contributed by atoms with van der Waals surface area (Å²) < 4.78 is 5.22. The maximum atomic E-state index is 5.22. The minimum atomic E-state index is 0.301. The SMILES string of the molecule is Cc1noc(-c2cccc(CN[C@H](C)c3ccccc3)c2)n1. The summed E-state index contributed by atoms with van der Waals surface area (Å²) in [7, 11) is 0. The molecule has 3 aromatic rings. The Labute approximate surface area is 130 Å². The van der Waals surface area contributed by atoms with E-state index in [-0.39, 0.29) is 0 Å². The Morgan fingerprint density at radius 1 is 1.09 bits per heavy atom. The molecule has 0 spiro atoms. The lowest BCUT2D eigenvalue weighted by Gasteiger charge is -2.14. The molecule has 2 aromatic carbocycles. The van der Waals surface area contributed by atoms with E-state index in [1.54, 1.807) is 0 Å². The predicted octanol–water partition coefficient (Wildman–Crippen LogP) is 3.90. The molecule has 0 aliphatic rings. The summed E-state index contributed by atoms with van der Waals surface area (Å²) in [4.78, 5) is 4.27. The summed E-state index contributed by atoms with van der Waals surface area (Å²) in [5.74, 6) is 1.21. The van der Waals surface area contributed by atoms with E-state index in [4.69, 9.17) is 4.52 Å². The molecule has 0 amide bonds. The Hall–Kier alpha value is -2.46. The third-order valence-electron chi connectivity index (χ3n) is 3.61. The molecule has 22 heavy (non-hydrogen) atoms. The van der Waals surface area contributed by atoms with Gasteiger partial charge in [-0.15, -0.1) is 0 Å². The Morgan fingerprint density at radius 2 is 1.91 bits per heavy atom. The molecule has 0 unspecified atom stereocenters. The Morgan fingerprint density at radius 3 is 2.64 bits per heavy atom. The van der Waals surface area contributed by atoms with Gasteiger partial charge in [-0.2, -0.15) is 4.98 Å². The van der Waals surface area contributed by atoms with Crippen molar-refractivity contribution < 1.29 is 4.52 Å². The molecular weight excluding hydrogens is 274 g/mol. The Bertz CT molecular complexity index is 737. The van der Waals surface area contributed by atoms with E-state index in [2.05, 4.69) is 58.8 Å². The average molecular weight is 293 g/mol. The van der Waals surface area contributed by atoms with Crippen LogP contribution in [0.15, 0.2) is 59.1 Å². The first-order chi connectivity index (χ1) is 10.7. The summed E-state index contributed by atoms with van der Waals surface area (Å²) in [6, 6.07) is 18.9. The third kappa shape index (κ3) is 3.40. The van der Waals surface area contributed by atoms with Gasteiger partial charge in [0.15, 0.2) is 5.82 Å². The van der Waals surface area contributed by atoms with Crippen molar-refractivity contribution in [3.05, 3.63) is 71.5 Å². The number of nitrogens with one attached hydrogen (secondary N) is 1. The number of nitrogens with zero attached hydrogens (tertiary/aromatic N) is 2. The van der Waals surface area contributed by atoms with Gasteiger partial charge in [-0.1, -0.05) is 47.6 Å². The van der Waals surface area contributed by atoms with Gasteiger partial charge in [0.05, 0.1) is 0 Å². The zero-order valence-electron chi connectivity index (χ0n) is 12.8. The maximum absolute atomic E-state index is 5.22. The molecule has 0 aliphatic carbocycles. The first-order valence-electron chi connectivity index (χ1n) is 7.40. The summed E-state index contributed by atoms with van der Waals surface area (Å²) in [6.07, 6.45) is 0. The molecule has 4 heteroatoms. The summed E-state index contributed by atoms with van der Waals surface area (Å²) in [5, 5.41) is 7.37. The van der Waals surface area contributed by atoms with Crippen LogP contribution in [0.5, 0.6) is 0 Å². The highest BCUT2D eigenvalue weighted by atomic mass is 16.5. The first-order valence-corrected chi connectivity index (χ1v) is 7.40. The standard InChI is InChI=1S/C18H19N3O/c1-13(16-8-4-3-5-9-16)19-12-15-7-6-10-17(11-15)18-20-14(2)21-22-18/h3-11,13,19H,12H2,1-2H3/t13-/m1/s1. The lowest BCUT2D eigenvalue weighted by molar-refractivity contribution is 0.425. The quantitative estimate of drug-likeness (QED) is 0.775. The van der Waals surface area contributed by atoms with E-state index in [9.17, 15) is 0 Å². The van der Waals surface area contributed by atoms with E-state index in [1.807, 2.05) is 25.1 Å². The molecule has 4 nitrogen and oxygen atoms in total. The number of benzene rings is 2. The van der Waals surface area contributed by atoms with E-state index in [0.29, 0.717) is 17.8 Å². The molecule has 0 saturated heterocycles. The molecular formula is C18H19N3O. The van der Waals surface area contributed by atoms with Crippen LogP contribution in [0, 0.1) is 6.92 Å². The monoisotopic (exact) mass is 293 g/mol. The number of rotatable bonds is 5.